The Morgan fingerprint density at radius 1 is 1.26 bits per heavy atom. The first-order valence-electron chi connectivity index (χ1n) is 7.82. The van der Waals surface area contributed by atoms with Gasteiger partial charge in [0.1, 0.15) is 5.69 Å². The molecule has 2 N–H and O–H groups in total. The standard InChI is InChI=1S/C17H20N4O2/c22-16-10-15(18-12-19-16)17(23)20-14-6-8-21(9-7-14)11-13-4-2-1-3-5-13/h1-5,10,12,14H,6-9,11H2,(H,20,23)(H,18,19,22). The molecule has 1 aromatic heterocycles. The second-order valence-corrected chi connectivity index (χ2v) is 5.81. The zero-order chi connectivity index (χ0) is 16.1. The number of benzene rings is 1. The van der Waals surface area contributed by atoms with Gasteiger partial charge in [0.15, 0.2) is 0 Å². The molecule has 1 aliphatic rings. The van der Waals surface area contributed by atoms with Crippen LogP contribution in [0.2, 0.25) is 0 Å². The highest BCUT2D eigenvalue weighted by molar-refractivity contribution is 5.92. The fourth-order valence-corrected chi connectivity index (χ4v) is 2.83. The molecule has 3 rings (SSSR count). The lowest BCUT2D eigenvalue weighted by molar-refractivity contribution is 0.0903. The number of nitrogens with one attached hydrogen (secondary N) is 2. The van der Waals surface area contributed by atoms with E-state index in [1.165, 1.54) is 18.0 Å². The maximum atomic E-state index is 12.1. The van der Waals surface area contributed by atoms with E-state index in [0.717, 1.165) is 32.5 Å². The van der Waals surface area contributed by atoms with Crippen molar-refractivity contribution >= 4 is 5.91 Å². The molecule has 120 valence electrons. The van der Waals surface area contributed by atoms with E-state index in [1.807, 2.05) is 6.07 Å². The SMILES string of the molecule is O=C(NC1CCN(Cc2ccccc2)CC1)c1cc(=O)[nH]cn1. The van der Waals surface area contributed by atoms with E-state index in [0.29, 0.717) is 0 Å². The molecule has 1 saturated heterocycles. The Balaban J connectivity index is 1.49. The zero-order valence-corrected chi connectivity index (χ0v) is 12.9. The summed E-state index contributed by atoms with van der Waals surface area (Å²) in [6.07, 6.45) is 3.06. The number of amides is 1. The van der Waals surface area contributed by atoms with Crippen molar-refractivity contribution in [2.75, 3.05) is 13.1 Å². The molecule has 1 fully saturated rings. The van der Waals surface area contributed by atoms with Crippen LogP contribution in [0.3, 0.4) is 0 Å². The van der Waals surface area contributed by atoms with Crippen LogP contribution in [0.25, 0.3) is 0 Å². The van der Waals surface area contributed by atoms with Gasteiger partial charge in [-0.15, -0.1) is 0 Å². The van der Waals surface area contributed by atoms with E-state index in [9.17, 15) is 9.59 Å². The van der Waals surface area contributed by atoms with E-state index < -0.39 is 0 Å². The van der Waals surface area contributed by atoms with Crippen LogP contribution < -0.4 is 10.9 Å². The molecule has 2 aromatic rings. The lowest BCUT2D eigenvalue weighted by atomic mass is 10.0. The number of piperidine rings is 1. The number of hydrogen-bond acceptors (Lipinski definition) is 4. The number of carbonyl (C=O) groups excluding carboxylic acids is 1. The summed E-state index contributed by atoms with van der Waals surface area (Å²) < 4.78 is 0. The quantitative estimate of drug-likeness (QED) is 0.888. The molecule has 0 bridgehead atoms. The Morgan fingerprint density at radius 3 is 2.70 bits per heavy atom. The van der Waals surface area contributed by atoms with Crippen molar-refractivity contribution < 1.29 is 4.79 Å². The minimum Gasteiger partial charge on any atom is -0.348 e. The van der Waals surface area contributed by atoms with Gasteiger partial charge in [-0.05, 0) is 18.4 Å². The third-order valence-corrected chi connectivity index (χ3v) is 4.08. The number of aromatic nitrogens is 2. The first-order valence-corrected chi connectivity index (χ1v) is 7.82. The Kier molecular flexibility index (Phi) is 4.83. The van der Waals surface area contributed by atoms with Crippen molar-refractivity contribution in [3.63, 3.8) is 0 Å². The van der Waals surface area contributed by atoms with Crippen LogP contribution >= 0.6 is 0 Å². The number of rotatable bonds is 4. The zero-order valence-electron chi connectivity index (χ0n) is 12.9. The van der Waals surface area contributed by atoms with E-state index in [1.54, 1.807) is 0 Å². The molecule has 0 saturated carbocycles. The van der Waals surface area contributed by atoms with Crippen LogP contribution in [0.1, 0.15) is 28.9 Å². The van der Waals surface area contributed by atoms with Gasteiger partial charge >= 0.3 is 0 Å². The van der Waals surface area contributed by atoms with Crippen LogP contribution in [0, 0.1) is 0 Å². The fourth-order valence-electron chi connectivity index (χ4n) is 2.83. The van der Waals surface area contributed by atoms with Gasteiger partial charge in [0.25, 0.3) is 11.5 Å². The number of likely N-dealkylation sites (tertiary alicyclic amines) is 1. The summed E-state index contributed by atoms with van der Waals surface area (Å²) >= 11 is 0. The minimum absolute atomic E-state index is 0.135. The molecular formula is C17H20N4O2. The van der Waals surface area contributed by atoms with Gasteiger partial charge in [0.05, 0.1) is 6.33 Å². The maximum Gasteiger partial charge on any atom is 0.270 e. The van der Waals surface area contributed by atoms with Crippen molar-refractivity contribution in [3.8, 4) is 0 Å². The maximum absolute atomic E-state index is 12.1. The summed E-state index contributed by atoms with van der Waals surface area (Å²) in [5, 5.41) is 2.97. The first-order chi connectivity index (χ1) is 11.2. The van der Waals surface area contributed by atoms with Gasteiger partial charge in [-0.25, -0.2) is 4.98 Å². The van der Waals surface area contributed by atoms with Gasteiger partial charge < -0.3 is 10.3 Å². The Labute approximate surface area is 134 Å². The smallest absolute Gasteiger partial charge is 0.270 e. The highest BCUT2D eigenvalue weighted by Crippen LogP contribution is 2.14. The number of nitrogens with zero attached hydrogens (tertiary/aromatic N) is 2. The summed E-state index contributed by atoms with van der Waals surface area (Å²) in [5.41, 5.74) is 1.16. The summed E-state index contributed by atoms with van der Waals surface area (Å²) in [6.45, 7) is 2.84. The average molecular weight is 312 g/mol. The molecule has 0 radical (unpaired) electrons. The predicted octanol–water partition coefficient (Wildman–Crippen LogP) is 1.16. The molecule has 6 nitrogen and oxygen atoms in total. The van der Waals surface area contributed by atoms with Crippen molar-refractivity contribution in [1.82, 2.24) is 20.2 Å². The highest BCUT2D eigenvalue weighted by Gasteiger charge is 2.21. The van der Waals surface area contributed by atoms with Crippen molar-refractivity contribution in [2.24, 2.45) is 0 Å². The number of carbonyl (C=O) groups is 1. The van der Waals surface area contributed by atoms with Crippen LogP contribution in [-0.2, 0) is 6.54 Å². The molecule has 1 aliphatic heterocycles. The summed E-state index contributed by atoms with van der Waals surface area (Å²) in [5.74, 6) is -0.280. The number of aromatic amines is 1. The van der Waals surface area contributed by atoms with Gasteiger partial charge in [0, 0.05) is 31.7 Å². The molecule has 0 atom stereocenters. The van der Waals surface area contributed by atoms with Gasteiger partial charge in [0.2, 0.25) is 0 Å². The molecule has 1 aromatic carbocycles. The Bertz CT molecular complexity index is 706. The van der Waals surface area contributed by atoms with Crippen LogP contribution in [0.5, 0.6) is 0 Å². The monoisotopic (exact) mass is 312 g/mol. The molecule has 0 aliphatic carbocycles. The summed E-state index contributed by atoms with van der Waals surface area (Å²) in [4.78, 5) is 32.0. The summed E-state index contributed by atoms with van der Waals surface area (Å²) in [6, 6.07) is 11.7. The topological polar surface area (TPSA) is 78.1 Å². The summed E-state index contributed by atoms with van der Waals surface area (Å²) in [7, 11) is 0. The van der Waals surface area contributed by atoms with Gasteiger partial charge in [-0.1, -0.05) is 30.3 Å². The van der Waals surface area contributed by atoms with Crippen molar-refractivity contribution in [3.05, 3.63) is 64.3 Å². The third kappa shape index (κ3) is 4.26. The number of hydrogen-bond donors (Lipinski definition) is 2. The van der Waals surface area contributed by atoms with Crippen molar-refractivity contribution in [1.29, 1.82) is 0 Å². The largest absolute Gasteiger partial charge is 0.348 e. The number of H-pyrrole nitrogens is 1. The van der Waals surface area contributed by atoms with E-state index >= 15 is 0 Å². The van der Waals surface area contributed by atoms with Crippen LogP contribution in [-0.4, -0.2) is 39.9 Å². The van der Waals surface area contributed by atoms with Crippen LogP contribution in [0.4, 0.5) is 0 Å². The highest BCUT2D eigenvalue weighted by atomic mass is 16.2. The molecule has 2 heterocycles. The molecule has 23 heavy (non-hydrogen) atoms. The first kappa shape index (κ1) is 15.4. The second kappa shape index (κ2) is 7.19. The third-order valence-electron chi connectivity index (χ3n) is 4.08. The van der Waals surface area contributed by atoms with Crippen LogP contribution in [0.15, 0.2) is 47.5 Å². The Hall–Kier alpha value is -2.47. The fraction of sp³-hybridized carbons (Fsp3) is 0.353. The van der Waals surface area contributed by atoms with Gasteiger partial charge in [-0.2, -0.15) is 0 Å². The molecule has 0 unspecified atom stereocenters. The lowest BCUT2D eigenvalue weighted by Gasteiger charge is -2.32. The molecule has 6 heteroatoms. The van der Waals surface area contributed by atoms with E-state index in [2.05, 4.69) is 44.5 Å². The predicted molar refractivity (Wildman–Crippen MR) is 87.1 cm³/mol. The van der Waals surface area contributed by atoms with Gasteiger partial charge in [-0.3, -0.25) is 14.5 Å². The normalized spacial score (nSPS) is 16.2. The lowest BCUT2D eigenvalue weighted by Crippen LogP contribution is -2.44. The Morgan fingerprint density at radius 2 is 2.00 bits per heavy atom. The average Bonchev–Trinajstić information content (AvgIpc) is 2.57. The molecular weight excluding hydrogens is 292 g/mol. The van der Waals surface area contributed by atoms with E-state index in [-0.39, 0.29) is 23.2 Å². The van der Waals surface area contributed by atoms with E-state index in [4.69, 9.17) is 0 Å². The molecule has 1 amide bonds. The molecule has 0 spiro atoms. The minimum atomic E-state index is -0.317. The second-order valence-electron chi connectivity index (χ2n) is 5.81. The van der Waals surface area contributed by atoms with Crippen molar-refractivity contribution in [2.45, 2.75) is 25.4 Å².